The lowest BCUT2D eigenvalue weighted by Crippen LogP contribution is -2.24. The minimum atomic E-state index is -4.64. The second kappa shape index (κ2) is 5.87. The predicted molar refractivity (Wildman–Crippen MR) is 65.0 cm³/mol. The van der Waals surface area contributed by atoms with Gasteiger partial charge < -0.3 is 10.6 Å². The first-order valence-electron chi connectivity index (χ1n) is 5.54. The van der Waals surface area contributed by atoms with Crippen molar-refractivity contribution in [1.82, 2.24) is 0 Å². The lowest BCUT2D eigenvalue weighted by molar-refractivity contribution is -0.385. The summed E-state index contributed by atoms with van der Waals surface area (Å²) >= 11 is 0. The van der Waals surface area contributed by atoms with E-state index in [0.29, 0.717) is 25.6 Å². The lowest BCUT2D eigenvalue weighted by Gasteiger charge is -2.23. The van der Waals surface area contributed by atoms with E-state index in [1.54, 1.807) is 0 Å². The number of nitrogens with two attached hydrogens (primary N) is 1. The highest BCUT2D eigenvalue weighted by Crippen LogP contribution is 2.38. The van der Waals surface area contributed by atoms with Crippen molar-refractivity contribution in [2.24, 2.45) is 5.73 Å². The van der Waals surface area contributed by atoms with E-state index in [4.69, 9.17) is 5.73 Å². The zero-order valence-electron chi connectivity index (χ0n) is 10.3. The third kappa shape index (κ3) is 3.82. The van der Waals surface area contributed by atoms with E-state index < -0.39 is 22.4 Å². The van der Waals surface area contributed by atoms with Crippen molar-refractivity contribution in [3.8, 4) is 0 Å². The molecule has 0 atom stereocenters. The predicted octanol–water partition coefficient (Wildman–Crippen LogP) is 2.40. The molecule has 0 saturated heterocycles. The molecule has 0 aliphatic heterocycles. The monoisotopic (exact) mass is 277 g/mol. The van der Waals surface area contributed by atoms with Crippen molar-refractivity contribution in [3.63, 3.8) is 0 Å². The van der Waals surface area contributed by atoms with Gasteiger partial charge in [0.05, 0.1) is 10.5 Å². The van der Waals surface area contributed by atoms with Crippen molar-refractivity contribution in [3.05, 3.63) is 33.9 Å². The van der Waals surface area contributed by atoms with Crippen LogP contribution in [0.5, 0.6) is 0 Å². The summed E-state index contributed by atoms with van der Waals surface area (Å²) in [6.07, 6.45) is -4.11. The molecule has 19 heavy (non-hydrogen) atoms. The molecule has 0 unspecified atom stereocenters. The number of benzene rings is 1. The Morgan fingerprint density at radius 3 is 2.53 bits per heavy atom. The lowest BCUT2D eigenvalue weighted by atomic mass is 10.1. The van der Waals surface area contributed by atoms with Crippen LogP contribution in [0.4, 0.5) is 24.5 Å². The Kier molecular flexibility index (Phi) is 4.71. The number of nitro groups is 1. The average molecular weight is 277 g/mol. The van der Waals surface area contributed by atoms with E-state index in [1.165, 1.54) is 11.9 Å². The van der Waals surface area contributed by atoms with Crippen LogP contribution >= 0.6 is 0 Å². The van der Waals surface area contributed by atoms with Crippen molar-refractivity contribution in [2.75, 3.05) is 25.0 Å². The number of hydrogen-bond acceptors (Lipinski definition) is 4. The van der Waals surface area contributed by atoms with Gasteiger partial charge in [0.2, 0.25) is 0 Å². The molecule has 0 bridgehead atoms. The van der Waals surface area contributed by atoms with Crippen molar-refractivity contribution in [2.45, 2.75) is 12.6 Å². The van der Waals surface area contributed by atoms with Crippen LogP contribution in [0.2, 0.25) is 0 Å². The van der Waals surface area contributed by atoms with Crippen LogP contribution < -0.4 is 10.6 Å². The van der Waals surface area contributed by atoms with E-state index in [0.717, 1.165) is 12.1 Å². The summed E-state index contributed by atoms with van der Waals surface area (Å²) in [4.78, 5) is 11.1. The molecule has 106 valence electrons. The van der Waals surface area contributed by atoms with Crippen LogP contribution in [0.25, 0.3) is 0 Å². The van der Waals surface area contributed by atoms with Gasteiger partial charge in [-0.3, -0.25) is 10.1 Å². The summed E-state index contributed by atoms with van der Waals surface area (Å²) in [5, 5.41) is 10.5. The van der Waals surface area contributed by atoms with Gasteiger partial charge in [-0.25, -0.2) is 0 Å². The maximum absolute atomic E-state index is 12.9. The Balaban J connectivity index is 3.20. The second-order valence-corrected chi connectivity index (χ2v) is 4.02. The molecule has 1 aromatic rings. The first-order valence-corrected chi connectivity index (χ1v) is 5.54. The molecular formula is C11H14F3N3O2. The number of anilines is 1. The summed E-state index contributed by atoms with van der Waals surface area (Å²) in [5.41, 5.74) is 3.62. The number of nitro benzene ring substituents is 1. The van der Waals surface area contributed by atoms with Crippen molar-refractivity contribution < 1.29 is 18.1 Å². The second-order valence-electron chi connectivity index (χ2n) is 4.02. The van der Waals surface area contributed by atoms with E-state index in [2.05, 4.69) is 0 Å². The highest BCUT2D eigenvalue weighted by atomic mass is 19.4. The molecule has 0 heterocycles. The Morgan fingerprint density at radius 1 is 1.42 bits per heavy atom. The SMILES string of the molecule is CN(CCCN)c1ccc([N+](=O)[O-])cc1C(F)(F)F. The third-order valence-electron chi connectivity index (χ3n) is 2.61. The van der Waals surface area contributed by atoms with Gasteiger partial charge in [0, 0.05) is 31.4 Å². The van der Waals surface area contributed by atoms with Crippen LogP contribution in [0.1, 0.15) is 12.0 Å². The molecule has 0 spiro atoms. The fourth-order valence-corrected chi connectivity index (χ4v) is 1.65. The Hall–Kier alpha value is -1.83. The number of rotatable bonds is 5. The first-order chi connectivity index (χ1) is 8.77. The smallest absolute Gasteiger partial charge is 0.374 e. The molecule has 1 aromatic carbocycles. The number of non-ortho nitro benzene ring substituents is 1. The molecule has 0 aliphatic carbocycles. The standard InChI is InChI=1S/C11H14F3N3O2/c1-16(6-2-5-15)10-4-3-8(17(18)19)7-9(10)11(12,13)14/h3-4,7H,2,5-6,15H2,1H3. The molecule has 0 saturated carbocycles. The Morgan fingerprint density at radius 2 is 2.05 bits per heavy atom. The van der Waals surface area contributed by atoms with Gasteiger partial charge >= 0.3 is 6.18 Å². The largest absolute Gasteiger partial charge is 0.418 e. The van der Waals surface area contributed by atoms with E-state index >= 15 is 0 Å². The maximum Gasteiger partial charge on any atom is 0.418 e. The van der Waals surface area contributed by atoms with Crippen LogP contribution in [-0.2, 0) is 6.18 Å². The van der Waals surface area contributed by atoms with Gasteiger partial charge in [-0.1, -0.05) is 0 Å². The van der Waals surface area contributed by atoms with Crippen LogP contribution in [0, 0.1) is 10.1 Å². The molecule has 2 N–H and O–H groups in total. The maximum atomic E-state index is 12.9. The third-order valence-corrected chi connectivity index (χ3v) is 2.61. The van der Waals surface area contributed by atoms with Gasteiger partial charge in [-0.2, -0.15) is 13.2 Å². The number of halogens is 3. The molecule has 0 amide bonds. The highest BCUT2D eigenvalue weighted by molar-refractivity contribution is 5.58. The van der Waals surface area contributed by atoms with Crippen molar-refractivity contribution >= 4 is 11.4 Å². The van der Waals surface area contributed by atoms with Gasteiger partial charge in [-0.05, 0) is 19.0 Å². The van der Waals surface area contributed by atoms with Gasteiger partial charge in [-0.15, -0.1) is 0 Å². The molecule has 0 fully saturated rings. The van der Waals surface area contributed by atoms with Gasteiger partial charge in [0.25, 0.3) is 5.69 Å². The Bertz CT molecular complexity index is 463. The van der Waals surface area contributed by atoms with Crippen LogP contribution in [-0.4, -0.2) is 25.1 Å². The minimum absolute atomic E-state index is 0.0912. The van der Waals surface area contributed by atoms with E-state index in [9.17, 15) is 23.3 Å². The first kappa shape index (κ1) is 15.2. The van der Waals surface area contributed by atoms with E-state index in [1.807, 2.05) is 0 Å². The summed E-state index contributed by atoms with van der Waals surface area (Å²) in [5.74, 6) is 0. The molecular weight excluding hydrogens is 263 g/mol. The quantitative estimate of drug-likeness (QED) is 0.662. The molecule has 0 aromatic heterocycles. The fourth-order valence-electron chi connectivity index (χ4n) is 1.65. The van der Waals surface area contributed by atoms with Crippen LogP contribution in [0.15, 0.2) is 18.2 Å². The molecule has 0 radical (unpaired) electrons. The zero-order valence-corrected chi connectivity index (χ0v) is 10.3. The van der Waals surface area contributed by atoms with Gasteiger partial charge in [0.15, 0.2) is 0 Å². The Labute approximate surface area is 108 Å². The molecule has 0 aliphatic rings. The number of alkyl halides is 3. The fraction of sp³-hybridized carbons (Fsp3) is 0.455. The number of hydrogen-bond donors (Lipinski definition) is 1. The van der Waals surface area contributed by atoms with Crippen molar-refractivity contribution in [1.29, 1.82) is 0 Å². The minimum Gasteiger partial charge on any atom is -0.374 e. The summed E-state index contributed by atoms with van der Waals surface area (Å²) in [6.45, 7) is 0.704. The topological polar surface area (TPSA) is 72.4 Å². The van der Waals surface area contributed by atoms with Crippen LogP contribution in [0.3, 0.4) is 0 Å². The van der Waals surface area contributed by atoms with E-state index in [-0.39, 0.29) is 5.69 Å². The normalized spacial score (nSPS) is 11.4. The zero-order chi connectivity index (χ0) is 14.6. The molecule has 8 heteroatoms. The molecule has 1 rings (SSSR count). The molecule has 5 nitrogen and oxygen atoms in total. The highest BCUT2D eigenvalue weighted by Gasteiger charge is 2.36. The summed E-state index contributed by atoms with van der Waals surface area (Å²) < 4.78 is 38.7. The summed E-state index contributed by atoms with van der Waals surface area (Å²) in [7, 11) is 1.49. The van der Waals surface area contributed by atoms with Gasteiger partial charge in [0.1, 0.15) is 0 Å². The average Bonchev–Trinajstić information content (AvgIpc) is 2.34. The number of nitrogens with zero attached hydrogens (tertiary/aromatic N) is 2. The summed E-state index contributed by atoms with van der Waals surface area (Å²) in [6, 6.07) is 2.72.